The molecule has 0 spiro atoms. The van der Waals surface area contributed by atoms with Crippen LogP contribution in [0.4, 0.5) is 8.78 Å². The molecule has 1 saturated heterocycles. The molecule has 1 aliphatic heterocycles. The fraction of sp³-hybridized carbons (Fsp3) is 0.333. The molecular formula is C27H30F2N2OS. The van der Waals surface area contributed by atoms with E-state index in [1.54, 1.807) is 11.8 Å². The number of benzene rings is 3. The summed E-state index contributed by atoms with van der Waals surface area (Å²) in [4.78, 5) is 5.83. The van der Waals surface area contributed by atoms with Gasteiger partial charge in [0.1, 0.15) is 11.6 Å². The van der Waals surface area contributed by atoms with Gasteiger partial charge in [-0.25, -0.2) is 8.78 Å². The van der Waals surface area contributed by atoms with Crippen molar-refractivity contribution in [2.75, 3.05) is 38.5 Å². The summed E-state index contributed by atoms with van der Waals surface area (Å²) in [7, 11) is 0. The first kappa shape index (κ1) is 23.9. The van der Waals surface area contributed by atoms with Crippen molar-refractivity contribution in [2.45, 2.75) is 23.5 Å². The monoisotopic (exact) mass is 468 g/mol. The first-order chi connectivity index (χ1) is 15.9. The number of hydrogen-bond acceptors (Lipinski definition) is 4. The molecule has 1 aliphatic rings. The third-order valence-corrected chi connectivity index (χ3v) is 7.63. The Balaban J connectivity index is 1.41. The number of nitrogens with zero attached hydrogens (tertiary/aromatic N) is 2. The lowest BCUT2D eigenvalue weighted by atomic mass is 9.82. The Hall–Kier alpha value is -2.25. The molecule has 4 rings (SSSR count). The Kier molecular flexibility index (Phi) is 7.81. The maximum absolute atomic E-state index is 13.6. The topological polar surface area (TPSA) is 26.7 Å². The third-order valence-electron chi connectivity index (χ3n) is 6.47. The summed E-state index contributed by atoms with van der Waals surface area (Å²) in [6.07, 6.45) is -0.401. The van der Waals surface area contributed by atoms with Gasteiger partial charge in [-0.05, 0) is 54.4 Å². The minimum atomic E-state index is -0.505. The van der Waals surface area contributed by atoms with E-state index in [0.29, 0.717) is 12.3 Å². The SMILES string of the molecule is CC(c1ccc(F)cc1)(c1ccc(F)cc1)N1CCN(CC(O)CSc2ccccc2)CC1. The second-order valence-electron chi connectivity index (χ2n) is 8.65. The van der Waals surface area contributed by atoms with Crippen molar-refractivity contribution in [3.8, 4) is 0 Å². The molecule has 174 valence electrons. The van der Waals surface area contributed by atoms with Crippen LogP contribution in [0.5, 0.6) is 0 Å². The summed E-state index contributed by atoms with van der Waals surface area (Å²) < 4.78 is 27.2. The largest absolute Gasteiger partial charge is 0.391 e. The van der Waals surface area contributed by atoms with Gasteiger partial charge >= 0.3 is 0 Å². The Morgan fingerprint density at radius 1 is 0.818 bits per heavy atom. The van der Waals surface area contributed by atoms with E-state index in [9.17, 15) is 13.9 Å². The van der Waals surface area contributed by atoms with Crippen LogP contribution in [0.15, 0.2) is 83.8 Å². The molecular weight excluding hydrogens is 438 g/mol. The molecule has 0 radical (unpaired) electrons. The zero-order chi connectivity index (χ0) is 23.3. The predicted molar refractivity (Wildman–Crippen MR) is 130 cm³/mol. The van der Waals surface area contributed by atoms with Crippen LogP contribution < -0.4 is 0 Å². The van der Waals surface area contributed by atoms with Crippen LogP contribution in [0.25, 0.3) is 0 Å². The lowest BCUT2D eigenvalue weighted by Crippen LogP contribution is -2.55. The molecule has 0 saturated carbocycles. The van der Waals surface area contributed by atoms with Gasteiger partial charge in [0.25, 0.3) is 0 Å². The fourth-order valence-electron chi connectivity index (χ4n) is 4.52. The van der Waals surface area contributed by atoms with Crippen LogP contribution in [-0.2, 0) is 5.54 Å². The normalized spacial score (nSPS) is 16.6. The Labute approximate surface area is 199 Å². The second kappa shape index (κ2) is 10.8. The fourth-order valence-corrected chi connectivity index (χ4v) is 5.36. The van der Waals surface area contributed by atoms with E-state index in [4.69, 9.17) is 0 Å². The van der Waals surface area contributed by atoms with Crippen molar-refractivity contribution in [1.29, 1.82) is 0 Å². The molecule has 33 heavy (non-hydrogen) atoms. The highest BCUT2D eigenvalue weighted by atomic mass is 32.2. The van der Waals surface area contributed by atoms with Gasteiger partial charge in [0.05, 0.1) is 11.6 Å². The van der Waals surface area contributed by atoms with Crippen LogP contribution in [0.3, 0.4) is 0 Å². The van der Waals surface area contributed by atoms with Gasteiger partial charge < -0.3 is 5.11 Å². The van der Waals surface area contributed by atoms with Crippen molar-refractivity contribution >= 4 is 11.8 Å². The van der Waals surface area contributed by atoms with Gasteiger partial charge in [-0.1, -0.05) is 42.5 Å². The molecule has 1 unspecified atom stereocenters. The number of aliphatic hydroxyl groups excluding tert-OH is 1. The Morgan fingerprint density at radius 2 is 1.33 bits per heavy atom. The van der Waals surface area contributed by atoms with Crippen molar-refractivity contribution in [2.24, 2.45) is 0 Å². The molecule has 1 atom stereocenters. The molecule has 3 nitrogen and oxygen atoms in total. The van der Waals surface area contributed by atoms with Crippen molar-refractivity contribution < 1.29 is 13.9 Å². The summed E-state index contributed by atoms with van der Waals surface area (Å²) in [5.74, 6) is 0.118. The number of hydrogen-bond donors (Lipinski definition) is 1. The van der Waals surface area contributed by atoms with E-state index in [-0.39, 0.29) is 11.6 Å². The van der Waals surface area contributed by atoms with Crippen LogP contribution in [0, 0.1) is 11.6 Å². The van der Waals surface area contributed by atoms with Gasteiger partial charge in [0, 0.05) is 43.4 Å². The molecule has 0 amide bonds. The number of halogens is 2. The summed E-state index contributed by atoms with van der Waals surface area (Å²) in [6, 6.07) is 23.3. The molecule has 0 aromatic heterocycles. The highest BCUT2D eigenvalue weighted by Gasteiger charge is 2.37. The standard InChI is InChI=1S/C27H30F2N2OS/c1-27(21-7-11-23(28)12-8-21,22-9-13-24(29)14-10-22)31-17-15-30(16-18-31)19-25(32)20-33-26-5-3-2-4-6-26/h2-14,25,32H,15-20H2,1H3. The minimum Gasteiger partial charge on any atom is -0.391 e. The summed E-state index contributed by atoms with van der Waals surface area (Å²) in [5.41, 5.74) is 1.45. The number of thioether (sulfide) groups is 1. The van der Waals surface area contributed by atoms with Gasteiger partial charge in [0.15, 0.2) is 0 Å². The molecule has 0 aliphatic carbocycles. The van der Waals surface area contributed by atoms with Crippen LogP contribution in [-0.4, -0.2) is 59.5 Å². The van der Waals surface area contributed by atoms with Gasteiger partial charge in [0.2, 0.25) is 0 Å². The van der Waals surface area contributed by atoms with E-state index in [0.717, 1.165) is 42.2 Å². The predicted octanol–water partition coefficient (Wildman–Crippen LogP) is 5.00. The lowest BCUT2D eigenvalue weighted by Gasteiger charge is -2.47. The quantitative estimate of drug-likeness (QED) is 0.471. The van der Waals surface area contributed by atoms with E-state index in [2.05, 4.69) is 28.9 Å². The smallest absolute Gasteiger partial charge is 0.123 e. The van der Waals surface area contributed by atoms with Crippen LogP contribution in [0.2, 0.25) is 0 Å². The first-order valence-corrected chi connectivity index (χ1v) is 12.3. The second-order valence-corrected chi connectivity index (χ2v) is 9.74. The van der Waals surface area contributed by atoms with Gasteiger partial charge in [-0.2, -0.15) is 0 Å². The molecule has 1 fully saturated rings. The number of piperazine rings is 1. The van der Waals surface area contributed by atoms with Gasteiger partial charge in [-0.15, -0.1) is 11.8 Å². The highest BCUT2D eigenvalue weighted by molar-refractivity contribution is 7.99. The average molecular weight is 469 g/mol. The molecule has 3 aromatic carbocycles. The summed E-state index contributed by atoms with van der Waals surface area (Å²) >= 11 is 1.67. The Morgan fingerprint density at radius 3 is 1.85 bits per heavy atom. The van der Waals surface area contributed by atoms with E-state index < -0.39 is 11.6 Å². The van der Waals surface area contributed by atoms with Crippen molar-refractivity contribution in [3.05, 3.63) is 102 Å². The maximum atomic E-state index is 13.6. The van der Waals surface area contributed by atoms with E-state index in [1.807, 2.05) is 42.5 Å². The first-order valence-electron chi connectivity index (χ1n) is 11.3. The summed E-state index contributed by atoms with van der Waals surface area (Å²) in [6.45, 7) is 6.00. The molecule has 1 heterocycles. The number of rotatable bonds is 8. The molecule has 6 heteroatoms. The van der Waals surface area contributed by atoms with Crippen LogP contribution >= 0.6 is 11.8 Å². The lowest BCUT2D eigenvalue weighted by molar-refractivity contribution is 0.0412. The minimum absolute atomic E-state index is 0.271. The van der Waals surface area contributed by atoms with E-state index >= 15 is 0 Å². The Bertz CT molecular complexity index is 961. The third kappa shape index (κ3) is 5.82. The van der Waals surface area contributed by atoms with Crippen molar-refractivity contribution in [1.82, 2.24) is 9.80 Å². The van der Waals surface area contributed by atoms with Crippen molar-refractivity contribution in [3.63, 3.8) is 0 Å². The zero-order valence-electron chi connectivity index (χ0n) is 18.8. The summed E-state index contributed by atoms with van der Waals surface area (Å²) in [5, 5.41) is 10.5. The maximum Gasteiger partial charge on any atom is 0.123 e. The number of β-amino-alcohol motifs (C(OH)–C–C–N with tert-alkyl or cyclic N) is 1. The number of aliphatic hydroxyl groups is 1. The molecule has 0 bridgehead atoms. The van der Waals surface area contributed by atoms with E-state index in [1.165, 1.54) is 24.3 Å². The highest BCUT2D eigenvalue weighted by Crippen LogP contribution is 2.36. The zero-order valence-corrected chi connectivity index (χ0v) is 19.6. The molecule has 1 N–H and O–H groups in total. The molecule has 3 aromatic rings. The average Bonchev–Trinajstić information content (AvgIpc) is 2.84. The van der Waals surface area contributed by atoms with Crippen LogP contribution in [0.1, 0.15) is 18.1 Å². The van der Waals surface area contributed by atoms with Gasteiger partial charge in [-0.3, -0.25) is 9.80 Å².